The lowest BCUT2D eigenvalue weighted by molar-refractivity contribution is 0.300. The molecule has 0 aliphatic rings. The first kappa shape index (κ1) is 16.7. The van der Waals surface area contributed by atoms with Crippen molar-refractivity contribution < 1.29 is 9.15 Å². The first-order valence-corrected chi connectivity index (χ1v) is 8.99. The molecule has 3 aromatic carbocycles. The van der Waals surface area contributed by atoms with E-state index in [2.05, 4.69) is 17.1 Å². The van der Waals surface area contributed by atoms with Crippen LogP contribution in [0.4, 0.5) is 0 Å². The zero-order chi connectivity index (χ0) is 17.9. The number of halogens is 1. The number of hydrogen-bond acceptors (Lipinski definition) is 3. The molecule has 26 heavy (non-hydrogen) atoms. The molecular formula is C22H18ClNO2. The number of ether oxygens (including phenoxy) is 1. The summed E-state index contributed by atoms with van der Waals surface area (Å²) < 4.78 is 11.7. The van der Waals surface area contributed by atoms with Crippen molar-refractivity contribution in [3.8, 4) is 17.2 Å². The van der Waals surface area contributed by atoms with E-state index in [0.717, 1.165) is 39.1 Å². The van der Waals surface area contributed by atoms with Gasteiger partial charge < -0.3 is 9.15 Å². The summed E-state index contributed by atoms with van der Waals surface area (Å²) in [6.07, 6.45) is 0. The van der Waals surface area contributed by atoms with Crippen molar-refractivity contribution in [1.82, 2.24) is 4.98 Å². The highest BCUT2D eigenvalue weighted by Gasteiger charge is 2.12. The third-order valence-electron chi connectivity index (χ3n) is 4.32. The van der Waals surface area contributed by atoms with Crippen LogP contribution >= 0.6 is 11.6 Å². The molecule has 4 aromatic rings. The van der Waals surface area contributed by atoms with E-state index in [1.807, 2.05) is 61.5 Å². The van der Waals surface area contributed by atoms with Gasteiger partial charge in [0.25, 0.3) is 0 Å². The molecular weight excluding hydrogens is 346 g/mol. The van der Waals surface area contributed by atoms with Gasteiger partial charge in [-0.3, -0.25) is 0 Å². The number of alkyl halides is 1. The molecule has 0 atom stereocenters. The number of aromatic nitrogens is 1. The molecule has 4 rings (SSSR count). The average molecular weight is 364 g/mol. The van der Waals surface area contributed by atoms with Gasteiger partial charge in [0.2, 0.25) is 5.89 Å². The van der Waals surface area contributed by atoms with Gasteiger partial charge in [-0.1, -0.05) is 36.4 Å². The molecule has 3 nitrogen and oxygen atoms in total. The van der Waals surface area contributed by atoms with Crippen molar-refractivity contribution >= 4 is 22.4 Å². The molecule has 0 saturated heterocycles. The molecule has 0 unspecified atom stereocenters. The summed E-state index contributed by atoms with van der Waals surface area (Å²) in [5.74, 6) is 2.72. The Morgan fingerprint density at radius 2 is 1.73 bits per heavy atom. The highest BCUT2D eigenvalue weighted by atomic mass is 35.5. The molecule has 1 heterocycles. The molecule has 4 heteroatoms. The van der Waals surface area contributed by atoms with Gasteiger partial charge in [0.15, 0.2) is 0 Å². The number of nitrogens with zero attached hydrogens (tertiary/aromatic N) is 1. The highest BCUT2D eigenvalue weighted by molar-refractivity contribution is 6.17. The number of hydrogen-bond donors (Lipinski definition) is 0. The Morgan fingerprint density at radius 3 is 2.54 bits per heavy atom. The van der Waals surface area contributed by atoms with E-state index in [9.17, 15) is 0 Å². The molecule has 0 amide bonds. The predicted molar refractivity (Wildman–Crippen MR) is 105 cm³/mol. The molecule has 0 spiro atoms. The fourth-order valence-electron chi connectivity index (χ4n) is 2.86. The van der Waals surface area contributed by atoms with E-state index in [0.29, 0.717) is 18.4 Å². The quantitative estimate of drug-likeness (QED) is 0.400. The normalized spacial score (nSPS) is 11.0. The zero-order valence-electron chi connectivity index (χ0n) is 14.4. The van der Waals surface area contributed by atoms with Crippen molar-refractivity contribution in [1.29, 1.82) is 0 Å². The summed E-state index contributed by atoms with van der Waals surface area (Å²) in [7, 11) is 0. The average Bonchev–Trinajstić information content (AvgIpc) is 3.07. The number of rotatable bonds is 5. The summed E-state index contributed by atoms with van der Waals surface area (Å²) in [5.41, 5.74) is 2.88. The van der Waals surface area contributed by atoms with Gasteiger partial charge in [0, 0.05) is 11.4 Å². The maximum atomic E-state index is 5.94. The fraction of sp³-hybridized carbons (Fsp3) is 0.136. The van der Waals surface area contributed by atoms with Gasteiger partial charge in [0.1, 0.15) is 23.8 Å². The molecule has 0 aliphatic heterocycles. The first-order chi connectivity index (χ1) is 12.7. The summed E-state index contributed by atoms with van der Waals surface area (Å²) in [6.45, 7) is 2.28. The topological polar surface area (TPSA) is 35.3 Å². The number of fused-ring (bicyclic) bond motifs is 1. The van der Waals surface area contributed by atoms with Crippen LogP contribution in [-0.4, -0.2) is 4.98 Å². The van der Waals surface area contributed by atoms with Crippen LogP contribution in [0.25, 0.3) is 22.2 Å². The molecule has 0 radical (unpaired) electrons. The van der Waals surface area contributed by atoms with Crippen molar-refractivity contribution in [2.45, 2.75) is 19.4 Å². The van der Waals surface area contributed by atoms with Crippen molar-refractivity contribution in [3.05, 3.63) is 83.7 Å². The van der Waals surface area contributed by atoms with Gasteiger partial charge in [-0.2, -0.15) is 0 Å². The Labute approximate surface area is 157 Å². The second-order valence-corrected chi connectivity index (χ2v) is 6.42. The Bertz CT molecular complexity index is 1040. The minimum atomic E-state index is 0.368. The van der Waals surface area contributed by atoms with E-state index in [-0.39, 0.29) is 0 Å². The minimum absolute atomic E-state index is 0.368. The largest absolute Gasteiger partial charge is 0.487 e. The van der Waals surface area contributed by atoms with Crippen LogP contribution in [0.1, 0.15) is 17.0 Å². The third-order valence-corrected chi connectivity index (χ3v) is 4.63. The van der Waals surface area contributed by atoms with E-state index in [1.54, 1.807) is 0 Å². The molecule has 0 fully saturated rings. The second kappa shape index (κ2) is 7.22. The lowest BCUT2D eigenvalue weighted by Crippen LogP contribution is -1.97. The smallest absolute Gasteiger partial charge is 0.226 e. The van der Waals surface area contributed by atoms with Crippen molar-refractivity contribution in [2.24, 2.45) is 0 Å². The van der Waals surface area contributed by atoms with Gasteiger partial charge in [-0.25, -0.2) is 4.98 Å². The van der Waals surface area contributed by atoms with Crippen molar-refractivity contribution in [2.75, 3.05) is 0 Å². The molecule has 1 aromatic heterocycles. The third kappa shape index (κ3) is 3.44. The van der Waals surface area contributed by atoms with Crippen LogP contribution in [0, 0.1) is 6.92 Å². The maximum Gasteiger partial charge on any atom is 0.226 e. The Morgan fingerprint density at radius 1 is 0.962 bits per heavy atom. The highest BCUT2D eigenvalue weighted by Crippen LogP contribution is 2.25. The van der Waals surface area contributed by atoms with Gasteiger partial charge in [-0.15, -0.1) is 11.6 Å². The monoisotopic (exact) mass is 363 g/mol. The zero-order valence-corrected chi connectivity index (χ0v) is 15.2. The Balaban J connectivity index is 1.52. The maximum absolute atomic E-state index is 5.94. The van der Waals surface area contributed by atoms with Crippen molar-refractivity contribution in [3.63, 3.8) is 0 Å². The summed E-state index contributed by atoms with van der Waals surface area (Å²) in [4.78, 5) is 4.57. The number of oxazole rings is 1. The first-order valence-electron chi connectivity index (χ1n) is 8.46. The van der Waals surface area contributed by atoms with Gasteiger partial charge in [0.05, 0.1) is 0 Å². The van der Waals surface area contributed by atoms with Crippen LogP contribution in [0.5, 0.6) is 5.75 Å². The number of benzene rings is 3. The van der Waals surface area contributed by atoms with E-state index >= 15 is 0 Å². The standard InChI is InChI=1S/C22H18ClNO2/c1-15-21(24-22(26-15)17-5-3-2-4-6-17)14-25-20-10-9-18-11-16(13-23)7-8-19(18)12-20/h2-12H,13-14H2,1H3. The Kier molecular flexibility index (Phi) is 4.63. The lowest BCUT2D eigenvalue weighted by Gasteiger charge is -2.07. The van der Waals surface area contributed by atoms with Crippen LogP contribution in [0.15, 0.2) is 71.1 Å². The van der Waals surface area contributed by atoms with Gasteiger partial charge >= 0.3 is 0 Å². The number of aryl methyl sites for hydroxylation is 1. The second-order valence-electron chi connectivity index (χ2n) is 6.15. The van der Waals surface area contributed by atoms with Crippen LogP contribution in [0.2, 0.25) is 0 Å². The summed E-state index contributed by atoms with van der Waals surface area (Å²) in [6, 6.07) is 22.1. The summed E-state index contributed by atoms with van der Waals surface area (Å²) >= 11 is 5.90. The van der Waals surface area contributed by atoms with Crippen LogP contribution in [-0.2, 0) is 12.5 Å². The molecule has 0 N–H and O–H groups in total. The van der Waals surface area contributed by atoms with E-state index < -0.39 is 0 Å². The predicted octanol–water partition coefficient (Wildman–Crippen LogP) is 6.12. The molecule has 0 aliphatic carbocycles. The minimum Gasteiger partial charge on any atom is -0.487 e. The van der Waals surface area contributed by atoms with Gasteiger partial charge in [-0.05, 0) is 53.6 Å². The Hall–Kier alpha value is -2.78. The fourth-order valence-corrected chi connectivity index (χ4v) is 3.03. The molecule has 130 valence electrons. The van der Waals surface area contributed by atoms with Crippen LogP contribution in [0.3, 0.4) is 0 Å². The molecule has 0 bridgehead atoms. The SMILES string of the molecule is Cc1oc(-c2ccccc2)nc1COc1ccc2cc(CCl)ccc2c1. The summed E-state index contributed by atoms with van der Waals surface area (Å²) in [5, 5.41) is 2.28. The van der Waals surface area contributed by atoms with E-state index in [1.165, 1.54) is 0 Å². The lowest BCUT2D eigenvalue weighted by atomic mass is 10.1. The van der Waals surface area contributed by atoms with Crippen LogP contribution < -0.4 is 4.74 Å². The van der Waals surface area contributed by atoms with E-state index in [4.69, 9.17) is 20.8 Å². The molecule has 0 saturated carbocycles.